The Balaban J connectivity index is 2.52. The summed E-state index contributed by atoms with van der Waals surface area (Å²) < 4.78 is 5.21. The summed E-state index contributed by atoms with van der Waals surface area (Å²) in [6.45, 7) is 6.50. The van der Waals surface area contributed by atoms with Gasteiger partial charge >= 0.3 is 6.03 Å². The van der Waals surface area contributed by atoms with Gasteiger partial charge in [-0.1, -0.05) is 0 Å². The summed E-state index contributed by atoms with van der Waals surface area (Å²) in [5.74, 6) is 0.512. The van der Waals surface area contributed by atoms with Crippen LogP contribution in [0.15, 0.2) is 16.7 Å². The third kappa shape index (κ3) is 4.40. The van der Waals surface area contributed by atoms with E-state index in [1.165, 1.54) is 0 Å². The van der Waals surface area contributed by atoms with Crippen LogP contribution in [0.4, 0.5) is 4.79 Å². The van der Waals surface area contributed by atoms with Crippen molar-refractivity contribution in [1.82, 2.24) is 15.5 Å². The Morgan fingerprint density at radius 2 is 2.16 bits per heavy atom. The van der Waals surface area contributed by atoms with Gasteiger partial charge in [-0.3, -0.25) is 15.0 Å². The zero-order valence-electron chi connectivity index (χ0n) is 11.8. The molecule has 1 atom stereocenters. The number of amides is 3. The van der Waals surface area contributed by atoms with Crippen LogP contribution in [0.1, 0.15) is 25.2 Å². The number of nitrogens with one attached hydrogen (secondary N) is 2. The van der Waals surface area contributed by atoms with Crippen LogP contribution in [0.2, 0.25) is 0 Å². The van der Waals surface area contributed by atoms with Crippen LogP contribution in [-0.4, -0.2) is 36.5 Å². The van der Waals surface area contributed by atoms with E-state index in [1.807, 2.05) is 24.9 Å². The first-order valence-corrected chi connectivity index (χ1v) is 6.27. The van der Waals surface area contributed by atoms with Crippen molar-refractivity contribution in [3.63, 3.8) is 0 Å². The standard InChI is InChI=1S/C13H21N3O3/c1-5-14-13(18)15-12(17)9(2)16(4)8-11-6-7-19-10(11)3/h6-7,9H,5,8H2,1-4H3,(H2,14,15,17,18)/t9-/m1/s1. The number of urea groups is 1. The van der Waals surface area contributed by atoms with E-state index in [9.17, 15) is 9.59 Å². The van der Waals surface area contributed by atoms with Gasteiger partial charge in [-0.15, -0.1) is 0 Å². The summed E-state index contributed by atoms with van der Waals surface area (Å²) in [6, 6.07) is 1.00. The first kappa shape index (κ1) is 15.2. The molecule has 19 heavy (non-hydrogen) atoms. The smallest absolute Gasteiger partial charge is 0.321 e. The van der Waals surface area contributed by atoms with Gasteiger partial charge in [-0.25, -0.2) is 4.79 Å². The van der Waals surface area contributed by atoms with Gasteiger partial charge in [0, 0.05) is 18.7 Å². The van der Waals surface area contributed by atoms with Gasteiger partial charge in [0.25, 0.3) is 0 Å². The SMILES string of the molecule is CCNC(=O)NC(=O)[C@@H](C)N(C)Cc1ccoc1C. The van der Waals surface area contributed by atoms with Gasteiger partial charge in [-0.05, 0) is 33.9 Å². The molecule has 0 radical (unpaired) electrons. The van der Waals surface area contributed by atoms with Crippen molar-refractivity contribution in [3.8, 4) is 0 Å². The predicted octanol–water partition coefficient (Wildman–Crippen LogP) is 1.25. The second kappa shape index (κ2) is 6.94. The summed E-state index contributed by atoms with van der Waals surface area (Å²) in [7, 11) is 1.83. The Hall–Kier alpha value is -1.82. The maximum absolute atomic E-state index is 11.8. The largest absolute Gasteiger partial charge is 0.469 e. The summed E-state index contributed by atoms with van der Waals surface area (Å²) in [4.78, 5) is 25.0. The number of hydrogen-bond donors (Lipinski definition) is 2. The minimum Gasteiger partial charge on any atom is -0.469 e. The Labute approximate surface area is 113 Å². The van der Waals surface area contributed by atoms with Crippen LogP contribution >= 0.6 is 0 Å². The van der Waals surface area contributed by atoms with Crippen LogP contribution in [0, 0.1) is 6.92 Å². The fourth-order valence-corrected chi connectivity index (χ4v) is 1.60. The maximum Gasteiger partial charge on any atom is 0.321 e. The topological polar surface area (TPSA) is 74.6 Å². The van der Waals surface area contributed by atoms with E-state index in [1.54, 1.807) is 20.1 Å². The molecule has 0 aliphatic heterocycles. The van der Waals surface area contributed by atoms with E-state index in [4.69, 9.17) is 4.42 Å². The molecule has 1 aromatic rings. The molecular weight excluding hydrogens is 246 g/mol. The molecule has 0 saturated carbocycles. The van der Waals surface area contributed by atoms with Gasteiger partial charge in [0.15, 0.2) is 0 Å². The second-order valence-electron chi connectivity index (χ2n) is 4.44. The number of furan rings is 1. The molecule has 0 unspecified atom stereocenters. The fraction of sp³-hybridized carbons (Fsp3) is 0.538. The number of likely N-dealkylation sites (N-methyl/N-ethyl adjacent to an activating group) is 1. The second-order valence-corrected chi connectivity index (χ2v) is 4.44. The normalized spacial score (nSPS) is 12.3. The molecule has 2 N–H and O–H groups in total. The summed E-state index contributed by atoms with van der Waals surface area (Å²) in [5.41, 5.74) is 1.03. The molecule has 0 aliphatic rings. The average Bonchev–Trinajstić information content (AvgIpc) is 2.74. The van der Waals surface area contributed by atoms with E-state index in [2.05, 4.69) is 10.6 Å². The Morgan fingerprint density at radius 3 is 2.68 bits per heavy atom. The summed E-state index contributed by atoms with van der Waals surface area (Å²) >= 11 is 0. The molecule has 6 nitrogen and oxygen atoms in total. The fourth-order valence-electron chi connectivity index (χ4n) is 1.60. The number of nitrogens with zero attached hydrogens (tertiary/aromatic N) is 1. The van der Waals surface area contributed by atoms with Crippen molar-refractivity contribution < 1.29 is 14.0 Å². The highest BCUT2D eigenvalue weighted by atomic mass is 16.3. The quantitative estimate of drug-likeness (QED) is 0.842. The lowest BCUT2D eigenvalue weighted by atomic mass is 10.2. The molecule has 3 amide bonds. The molecule has 0 fully saturated rings. The molecule has 1 heterocycles. The molecule has 0 bridgehead atoms. The summed E-state index contributed by atoms with van der Waals surface area (Å²) in [5, 5.41) is 4.82. The lowest BCUT2D eigenvalue weighted by molar-refractivity contribution is -0.124. The van der Waals surface area contributed by atoms with Crippen molar-refractivity contribution in [2.45, 2.75) is 33.4 Å². The zero-order valence-corrected chi connectivity index (χ0v) is 11.8. The van der Waals surface area contributed by atoms with E-state index >= 15 is 0 Å². The highest BCUT2D eigenvalue weighted by Gasteiger charge is 2.20. The predicted molar refractivity (Wildman–Crippen MR) is 71.6 cm³/mol. The average molecular weight is 267 g/mol. The van der Waals surface area contributed by atoms with E-state index in [0.717, 1.165) is 11.3 Å². The Morgan fingerprint density at radius 1 is 1.47 bits per heavy atom. The Kier molecular flexibility index (Phi) is 5.57. The zero-order chi connectivity index (χ0) is 14.4. The number of carbonyl (C=O) groups is 2. The van der Waals surface area contributed by atoms with Gasteiger partial charge < -0.3 is 9.73 Å². The highest BCUT2D eigenvalue weighted by Crippen LogP contribution is 2.12. The summed E-state index contributed by atoms with van der Waals surface area (Å²) in [6.07, 6.45) is 1.62. The molecule has 106 valence electrons. The molecular formula is C13H21N3O3. The van der Waals surface area contributed by atoms with Gasteiger partial charge in [0.05, 0.1) is 12.3 Å². The van der Waals surface area contributed by atoms with Crippen molar-refractivity contribution in [2.75, 3.05) is 13.6 Å². The molecule has 6 heteroatoms. The van der Waals surface area contributed by atoms with Crippen molar-refractivity contribution in [1.29, 1.82) is 0 Å². The number of hydrogen-bond acceptors (Lipinski definition) is 4. The van der Waals surface area contributed by atoms with Crippen molar-refractivity contribution in [2.24, 2.45) is 0 Å². The Bertz CT molecular complexity index is 442. The van der Waals surface area contributed by atoms with Gasteiger partial charge in [-0.2, -0.15) is 0 Å². The van der Waals surface area contributed by atoms with Gasteiger partial charge in [0.2, 0.25) is 5.91 Å². The monoisotopic (exact) mass is 267 g/mol. The highest BCUT2D eigenvalue weighted by molar-refractivity contribution is 5.96. The number of carbonyl (C=O) groups excluding carboxylic acids is 2. The third-order valence-corrected chi connectivity index (χ3v) is 3.00. The molecule has 0 aromatic carbocycles. The first-order chi connectivity index (χ1) is 8.95. The van der Waals surface area contributed by atoms with Crippen molar-refractivity contribution in [3.05, 3.63) is 23.7 Å². The number of aryl methyl sites for hydroxylation is 1. The minimum atomic E-state index is -0.466. The van der Waals surface area contributed by atoms with E-state index < -0.39 is 12.1 Å². The van der Waals surface area contributed by atoms with Crippen LogP contribution in [0.5, 0.6) is 0 Å². The van der Waals surface area contributed by atoms with Crippen LogP contribution < -0.4 is 10.6 Å². The van der Waals surface area contributed by atoms with Crippen LogP contribution in [0.3, 0.4) is 0 Å². The molecule has 1 aromatic heterocycles. The van der Waals surface area contributed by atoms with Crippen LogP contribution in [0.25, 0.3) is 0 Å². The van der Waals surface area contributed by atoms with Crippen LogP contribution in [-0.2, 0) is 11.3 Å². The first-order valence-electron chi connectivity index (χ1n) is 6.27. The van der Waals surface area contributed by atoms with Crippen molar-refractivity contribution >= 4 is 11.9 Å². The lowest BCUT2D eigenvalue weighted by Crippen LogP contribution is -2.48. The van der Waals surface area contributed by atoms with Gasteiger partial charge in [0.1, 0.15) is 5.76 Å². The number of rotatable bonds is 5. The lowest BCUT2D eigenvalue weighted by Gasteiger charge is -2.23. The number of imide groups is 1. The molecule has 0 aliphatic carbocycles. The molecule has 0 saturated heterocycles. The maximum atomic E-state index is 11.8. The molecule has 1 rings (SSSR count). The molecule has 0 spiro atoms. The van der Waals surface area contributed by atoms with E-state index in [-0.39, 0.29) is 5.91 Å². The minimum absolute atomic E-state index is 0.324. The third-order valence-electron chi connectivity index (χ3n) is 3.00. The van der Waals surface area contributed by atoms with E-state index in [0.29, 0.717) is 13.1 Å².